The molecule has 2 amide bonds. The van der Waals surface area contributed by atoms with Crippen molar-refractivity contribution in [1.29, 1.82) is 0 Å². The van der Waals surface area contributed by atoms with Crippen LogP contribution in [0.1, 0.15) is 48.9 Å². The van der Waals surface area contributed by atoms with E-state index in [0.717, 1.165) is 38.5 Å². The van der Waals surface area contributed by atoms with Crippen LogP contribution >= 0.6 is 11.6 Å². The Morgan fingerprint density at radius 1 is 1.16 bits per heavy atom. The van der Waals surface area contributed by atoms with Crippen LogP contribution in [0.2, 0.25) is 5.02 Å². The van der Waals surface area contributed by atoms with Crippen LogP contribution in [0.15, 0.2) is 36.5 Å². The fourth-order valence-electron chi connectivity index (χ4n) is 5.95. The van der Waals surface area contributed by atoms with Gasteiger partial charge in [-0.05, 0) is 56.0 Å². The van der Waals surface area contributed by atoms with E-state index in [1.165, 1.54) is 18.3 Å². The molecule has 1 N–H and O–H groups in total. The lowest BCUT2D eigenvalue weighted by Gasteiger charge is -2.39. The van der Waals surface area contributed by atoms with E-state index in [4.69, 9.17) is 21.1 Å². The molecule has 8 nitrogen and oxygen atoms in total. The first-order valence-electron chi connectivity index (χ1n) is 12.9. The van der Waals surface area contributed by atoms with E-state index in [2.05, 4.69) is 10.3 Å². The SMILES string of the molecule is COC[C@@H]1CCCN1C(=O)c1cc(Cl)cnc1NCC(=O)N1[C@@H]2CC[C@H]1CC(Oc1ccc(F)cc1)C2. The number of piperidine rings is 1. The van der Waals surface area contributed by atoms with Crippen LogP contribution in [-0.4, -0.2) is 77.6 Å². The minimum absolute atomic E-state index is 0.0115. The lowest BCUT2D eigenvalue weighted by Crippen LogP contribution is -2.51. The second-order valence-electron chi connectivity index (χ2n) is 10.0. The number of rotatable bonds is 8. The van der Waals surface area contributed by atoms with E-state index in [1.54, 1.807) is 30.2 Å². The minimum Gasteiger partial charge on any atom is -0.490 e. The predicted octanol–water partition coefficient (Wildman–Crippen LogP) is 4.14. The predicted molar refractivity (Wildman–Crippen MR) is 137 cm³/mol. The van der Waals surface area contributed by atoms with Crippen LogP contribution in [0.3, 0.4) is 0 Å². The van der Waals surface area contributed by atoms with Gasteiger partial charge >= 0.3 is 0 Å². The number of hydrogen-bond acceptors (Lipinski definition) is 6. The van der Waals surface area contributed by atoms with Crippen molar-refractivity contribution in [3.05, 3.63) is 52.9 Å². The van der Waals surface area contributed by atoms with E-state index >= 15 is 0 Å². The Bertz CT molecular complexity index is 1120. The molecule has 37 heavy (non-hydrogen) atoms. The standard InChI is InChI=1S/C27H32ClFN4O4/c1-36-16-21-3-2-10-32(21)27(35)24-11-17(28)14-30-26(24)31-15-25(34)33-19-6-7-20(33)13-23(12-19)37-22-8-4-18(29)5-9-22/h4-5,8-9,11,14,19-21,23H,2-3,6-7,10,12-13,15-16H2,1H3,(H,30,31)/t19-,20+,21-,23?/m0/s1. The number of methoxy groups -OCH3 is 1. The molecule has 0 spiro atoms. The number of amides is 2. The largest absolute Gasteiger partial charge is 0.490 e. The Kier molecular flexibility index (Phi) is 7.81. The van der Waals surface area contributed by atoms with Crippen molar-refractivity contribution in [2.24, 2.45) is 0 Å². The second-order valence-corrected chi connectivity index (χ2v) is 10.4. The number of carbonyl (C=O) groups excluding carboxylic acids is 2. The van der Waals surface area contributed by atoms with E-state index < -0.39 is 0 Å². The Balaban J connectivity index is 1.22. The van der Waals surface area contributed by atoms with Gasteiger partial charge in [0.05, 0.1) is 29.8 Å². The Morgan fingerprint density at radius 3 is 2.59 bits per heavy atom. The highest BCUT2D eigenvalue weighted by atomic mass is 35.5. The molecule has 3 aliphatic rings. The van der Waals surface area contributed by atoms with Gasteiger partial charge in [-0.15, -0.1) is 0 Å². The first-order valence-corrected chi connectivity index (χ1v) is 13.2. The zero-order valence-electron chi connectivity index (χ0n) is 20.9. The van der Waals surface area contributed by atoms with E-state index in [9.17, 15) is 14.0 Å². The molecule has 3 fully saturated rings. The fraction of sp³-hybridized carbons (Fsp3) is 0.519. The molecule has 4 atom stereocenters. The third kappa shape index (κ3) is 5.67. The molecule has 3 aliphatic heterocycles. The minimum atomic E-state index is -0.296. The first kappa shape index (κ1) is 25.7. The van der Waals surface area contributed by atoms with Gasteiger partial charge in [-0.25, -0.2) is 9.37 Å². The molecule has 3 saturated heterocycles. The molecule has 198 valence electrons. The molecular formula is C27H32ClFN4O4. The van der Waals surface area contributed by atoms with Crippen molar-refractivity contribution >= 4 is 29.2 Å². The summed E-state index contributed by atoms with van der Waals surface area (Å²) < 4.78 is 24.6. The number of anilines is 1. The third-order valence-corrected chi connectivity index (χ3v) is 7.79. The van der Waals surface area contributed by atoms with Crippen LogP contribution in [0.4, 0.5) is 10.2 Å². The van der Waals surface area contributed by atoms with Crippen molar-refractivity contribution in [2.75, 3.05) is 32.1 Å². The van der Waals surface area contributed by atoms with Crippen LogP contribution < -0.4 is 10.1 Å². The normalized spacial score (nSPS) is 24.8. The zero-order valence-corrected chi connectivity index (χ0v) is 21.6. The number of carbonyl (C=O) groups is 2. The van der Waals surface area contributed by atoms with Gasteiger partial charge < -0.3 is 24.6 Å². The highest BCUT2D eigenvalue weighted by molar-refractivity contribution is 6.31. The van der Waals surface area contributed by atoms with Gasteiger partial charge in [0.25, 0.3) is 5.91 Å². The summed E-state index contributed by atoms with van der Waals surface area (Å²) in [6.07, 6.45) is 6.59. The van der Waals surface area contributed by atoms with Crippen LogP contribution in [0.25, 0.3) is 0 Å². The third-order valence-electron chi connectivity index (χ3n) is 7.58. The molecule has 2 bridgehead atoms. The maximum Gasteiger partial charge on any atom is 0.257 e. The summed E-state index contributed by atoms with van der Waals surface area (Å²) in [5.41, 5.74) is 0.359. The number of pyridine rings is 1. The number of likely N-dealkylation sites (tertiary alicyclic amines) is 1. The Labute approximate surface area is 221 Å². The van der Waals surface area contributed by atoms with Crippen molar-refractivity contribution in [1.82, 2.24) is 14.8 Å². The van der Waals surface area contributed by atoms with Crippen molar-refractivity contribution in [2.45, 2.75) is 62.8 Å². The highest BCUT2D eigenvalue weighted by Crippen LogP contribution is 2.37. The summed E-state index contributed by atoms with van der Waals surface area (Å²) in [6, 6.07) is 7.86. The molecule has 1 unspecified atom stereocenters. The van der Waals surface area contributed by atoms with E-state index in [1.807, 2.05) is 4.90 Å². The monoisotopic (exact) mass is 530 g/mol. The lowest BCUT2D eigenvalue weighted by atomic mass is 9.99. The summed E-state index contributed by atoms with van der Waals surface area (Å²) in [4.78, 5) is 34.8. The number of halogens is 2. The number of aromatic nitrogens is 1. The van der Waals surface area contributed by atoms with Gasteiger partial charge in [0.15, 0.2) is 0 Å². The highest BCUT2D eigenvalue weighted by Gasteiger charge is 2.44. The number of hydrogen-bond donors (Lipinski definition) is 1. The number of benzene rings is 1. The van der Waals surface area contributed by atoms with Gasteiger partial charge in [0.1, 0.15) is 23.5 Å². The van der Waals surface area contributed by atoms with Crippen LogP contribution in [0.5, 0.6) is 5.75 Å². The van der Waals surface area contributed by atoms with Gasteiger partial charge in [0.2, 0.25) is 5.91 Å². The average molecular weight is 531 g/mol. The second kappa shape index (κ2) is 11.2. The maximum atomic E-state index is 13.4. The number of ether oxygens (including phenoxy) is 2. The fourth-order valence-corrected chi connectivity index (χ4v) is 6.11. The number of nitrogens with zero attached hydrogens (tertiary/aromatic N) is 3. The molecule has 10 heteroatoms. The molecule has 0 saturated carbocycles. The number of nitrogens with one attached hydrogen (secondary N) is 1. The van der Waals surface area contributed by atoms with E-state index in [0.29, 0.717) is 35.3 Å². The Morgan fingerprint density at radius 2 is 1.89 bits per heavy atom. The van der Waals surface area contributed by atoms with Crippen LogP contribution in [0, 0.1) is 5.82 Å². The Hall–Kier alpha value is -2.91. The average Bonchev–Trinajstić information content (AvgIpc) is 3.46. The molecule has 4 heterocycles. The van der Waals surface area contributed by atoms with E-state index in [-0.39, 0.29) is 48.4 Å². The smallest absolute Gasteiger partial charge is 0.257 e. The molecule has 1 aromatic carbocycles. The molecule has 0 radical (unpaired) electrons. The van der Waals surface area contributed by atoms with Gasteiger partial charge in [0, 0.05) is 44.8 Å². The number of fused-ring (bicyclic) bond motifs is 2. The molecule has 0 aliphatic carbocycles. The molecule has 1 aromatic heterocycles. The van der Waals surface area contributed by atoms with Crippen molar-refractivity contribution in [3.8, 4) is 5.75 Å². The summed E-state index contributed by atoms with van der Waals surface area (Å²) in [5.74, 6) is 0.511. The molecule has 5 rings (SSSR count). The summed E-state index contributed by atoms with van der Waals surface area (Å²) in [6.45, 7) is 1.16. The van der Waals surface area contributed by atoms with Crippen molar-refractivity contribution < 1.29 is 23.5 Å². The quantitative estimate of drug-likeness (QED) is 0.552. The first-order chi connectivity index (χ1) is 17.9. The zero-order chi connectivity index (χ0) is 25.9. The maximum absolute atomic E-state index is 13.4. The van der Waals surface area contributed by atoms with Crippen molar-refractivity contribution in [3.63, 3.8) is 0 Å². The summed E-state index contributed by atoms with van der Waals surface area (Å²) in [7, 11) is 1.63. The van der Waals surface area contributed by atoms with Gasteiger partial charge in [-0.1, -0.05) is 11.6 Å². The molecule has 2 aromatic rings. The summed E-state index contributed by atoms with van der Waals surface area (Å²) in [5, 5.41) is 3.47. The topological polar surface area (TPSA) is 84.0 Å². The van der Waals surface area contributed by atoms with Gasteiger partial charge in [-0.2, -0.15) is 0 Å². The lowest BCUT2D eigenvalue weighted by molar-refractivity contribution is -0.135. The van der Waals surface area contributed by atoms with Crippen LogP contribution in [-0.2, 0) is 9.53 Å². The van der Waals surface area contributed by atoms with Gasteiger partial charge in [-0.3, -0.25) is 9.59 Å². The summed E-state index contributed by atoms with van der Waals surface area (Å²) >= 11 is 6.18. The molecular weight excluding hydrogens is 499 g/mol.